The lowest BCUT2D eigenvalue weighted by Crippen LogP contribution is -2.34. The second kappa shape index (κ2) is 3.91. The summed E-state index contributed by atoms with van der Waals surface area (Å²) in [6.07, 6.45) is 3.31. The zero-order valence-corrected chi connectivity index (χ0v) is 9.62. The standard InChI is InChI=1S/C13H16O3/c1-13(16-2,12(14)15)11-7-6-9-4-3-5-10(9)8-11/h6-8H,3-5H2,1-2H3,(H,14,15). The van der Waals surface area contributed by atoms with Crippen LogP contribution in [0.2, 0.25) is 0 Å². The van der Waals surface area contributed by atoms with Gasteiger partial charge in [0.05, 0.1) is 0 Å². The number of ether oxygens (including phenoxy) is 1. The third kappa shape index (κ3) is 1.61. The first kappa shape index (κ1) is 11.1. The zero-order valence-electron chi connectivity index (χ0n) is 9.62. The van der Waals surface area contributed by atoms with Gasteiger partial charge in [-0.05, 0) is 42.9 Å². The summed E-state index contributed by atoms with van der Waals surface area (Å²) in [6, 6.07) is 5.86. The minimum absolute atomic E-state index is 0.725. The first-order valence-electron chi connectivity index (χ1n) is 5.49. The molecule has 0 fully saturated rings. The second-order valence-corrected chi connectivity index (χ2v) is 4.38. The van der Waals surface area contributed by atoms with E-state index in [0.29, 0.717) is 0 Å². The Hall–Kier alpha value is -1.35. The number of hydrogen-bond acceptors (Lipinski definition) is 2. The molecule has 0 bridgehead atoms. The lowest BCUT2D eigenvalue weighted by molar-refractivity contribution is -0.161. The molecule has 1 unspecified atom stereocenters. The lowest BCUT2D eigenvalue weighted by Gasteiger charge is -2.24. The molecule has 1 aliphatic carbocycles. The van der Waals surface area contributed by atoms with E-state index < -0.39 is 11.6 Å². The molecule has 1 aliphatic rings. The minimum atomic E-state index is -1.24. The quantitative estimate of drug-likeness (QED) is 0.848. The highest BCUT2D eigenvalue weighted by molar-refractivity contribution is 5.79. The van der Waals surface area contributed by atoms with Crippen LogP contribution in [0.1, 0.15) is 30.0 Å². The Bertz CT molecular complexity index is 425. The van der Waals surface area contributed by atoms with Crippen LogP contribution in [0.4, 0.5) is 0 Å². The van der Waals surface area contributed by atoms with Crippen molar-refractivity contribution in [3.63, 3.8) is 0 Å². The van der Waals surface area contributed by atoms with Crippen molar-refractivity contribution >= 4 is 5.97 Å². The van der Waals surface area contributed by atoms with E-state index in [-0.39, 0.29) is 0 Å². The lowest BCUT2D eigenvalue weighted by atomic mass is 9.93. The fourth-order valence-corrected chi connectivity index (χ4v) is 2.20. The van der Waals surface area contributed by atoms with Crippen molar-refractivity contribution in [1.29, 1.82) is 0 Å². The van der Waals surface area contributed by atoms with Crippen LogP contribution < -0.4 is 0 Å². The molecule has 0 radical (unpaired) electrons. The van der Waals surface area contributed by atoms with Crippen molar-refractivity contribution in [3.8, 4) is 0 Å². The van der Waals surface area contributed by atoms with Crippen LogP contribution in [0.15, 0.2) is 18.2 Å². The van der Waals surface area contributed by atoms with E-state index >= 15 is 0 Å². The van der Waals surface area contributed by atoms with Crippen LogP contribution in [0.5, 0.6) is 0 Å². The number of carboxylic acid groups (broad SMARTS) is 1. The number of rotatable bonds is 3. The molecule has 1 atom stereocenters. The number of carbonyl (C=O) groups is 1. The van der Waals surface area contributed by atoms with Gasteiger partial charge in [0, 0.05) is 7.11 Å². The van der Waals surface area contributed by atoms with Crippen LogP contribution in [0, 0.1) is 0 Å². The monoisotopic (exact) mass is 220 g/mol. The normalized spacial score (nSPS) is 17.9. The molecule has 0 saturated carbocycles. The predicted molar refractivity (Wildman–Crippen MR) is 60.5 cm³/mol. The summed E-state index contributed by atoms with van der Waals surface area (Å²) in [5.41, 5.74) is 2.09. The molecule has 2 rings (SSSR count). The van der Waals surface area contributed by atoms with E-state index in [2.05, 4.69) is 0 Å². The Labute approximate surface area is 95.0 Å². The van der Waals surface area contributed by atoms with Crippen molar-refractivity contribution in [2.75, 3.05) is 7.11 Å². The zero-order chi connectivity index (χ0) is 11.8. The molecule has 1 N–H and O–H groups in total. The topological polar surface area (TPSA) is 46.5 Å². The van der Waals surface area contributed by atoms with Gasteiger partial charge in [0.25, 0.3) is 0 Å². The van der Waals surface area contributed by atoms with Gasteiger partial charge < -0.3 is 9.84 Å². The molecule has 0 amide bonds. The maximum Gasteiger partial charge on any atom is 0.340 e. The summed E-state index contributed by atoms with van der Waals surface area (Å²) < 4.78 is 5.15. The SMILES string of the molecule is COC(C)(C(=O)O)c1ccc2c(c1)CCC2. The summed E-state index contributed by atoms with van der Waals surface area (Å²) in [7, 11) is 1.43. The predicted octanol–water partition coefficient (Wildman–Crippen LogP) is 2.12. The number of aliphatic carboxylic acids is 1. The largest absolute Gasteiger partial charge is 0.479 e. The maximum absolute atomic E-state index is 11.2. The Morgan fingerprint density at radius 1 is 1.38 bits per heavy atom. The van der Waals surface area contributed by atoms with E-state index in [0.717, 1.165) is 24.8 Å². The number of aryl methyl sites for hydroxylation is 2. The van der Waals surface area contributed by atoms with E-state index in [9.17, 15) is 9.90 Å². The average molecular weight is 220 g/mol. The summed E-state index contributed by atoms with van der Waals surface area (Å²) >= 11 is 0. The number of hydrogen-bond donors (Lipinski definition) is 1. The van der Waals surface area contributed by atoms with Gasteiger partial charge in [0.15, 0.2) is 5.60 Å². The van der Waals surface area contributed by atoms with E-state index in [4.69, 9.17) is 4.74 Å². The Balaban J connectivity index is 2.44. The molecule has 0 aromatic heterocycles. The fourth-order valence-electron chi connectivity index (χ4n) is 2.20. The molecule has 0 saturated heterocycles. The summed E-state index contributed by atoms with van der Waals surface area (Å²) in [6.45, 7) is 1.59. The van der Waals surface area contributed by atoms with Crippen LogP contribution in [-0.4, -0.2) is 18.2 Å². The molecule has 3 nitrogen and oxygen atoms in total. The molecule has 1 aromatic rings. The molecular formula is C13H16O3. The third-order valence-electron chi connectivity index (χ3n) is 3.47. The number of benzene rings is 1. The molecule has 0 spiro atoms. The smallest absolute Gasteiger partial charge is 0.340 e. The van der Waals surface area contributed by atoms with E-state index in [1.807, 2.05) is 18.2 Å². The van der Waals surface area contributed by atoms with Crippen molar-refractivity contribution in [3.05, 3.63) is 34.9 Å². The van der Waals surface area contributed by atoms with Crippen LogP contribution >= 0.6 is 0 Å². The minimum Gasteiger partial charge on any atom is -0.479 e. The number of fused-ring (bicyclic) bond motifs is 1. The van der Waals surface area contributed by atoms with Crippen molar-refractivity contribution in [2.45, 2.75) is 31.8 Å². The summed E-state index contributed by atoms with van der Waals surface area (Å²) in [5, 5.41) is 9.21. The van der Waals surface area contributed by atoms with Gasteiger partial charge in [0.2, 0.25) is 0 Å². The molecule has 3 heteroatoms. The molecule has 16 heavy (non-hydrogen) atoms. The molecule has 0 heterocycles. The highest BCUT2D eigenvalue weighted by atomic mass is 16.5. The fraction of sp³-hybridized carbons (Fsp3) is 0.462. The van der Waals surface area contributed by atoms with Gasteiger partial charge in [-0.25, -0.2) is 4.79 Å². The van der Waals surface area contributed by atoms with E-state index in [1.54, 1.807) is 6.92 Å². The van der Waals surface area contributed by atoms with Crippen LogP contribution in [0.3, 0.4) is 0 Å². The van der Waals surface area contributed by atoms with E-state index in [1.165, 1.54) is 18.2 Å². The van der Waals surface area contributed by atoms with Crippen molar-refractivity contribution < 1.29 is 14.6 Å². The Morgan fingerprint density at radius 2 is 2.06 bits per heavy atom. The van der Waals surface area contributed by atoms with Crippen molar-refractivity contribution in [2.24, 2.45) is 0 Å². The van der Waals surface area contributed by atoms with Gasteiger partial charge in [-0.2, -0.15) is 0 Å². The number of methoxy groups -OCH3 is 1. The molecule has 0 aliphatic heterocycles. The van der Waals surface area contributed by atoms with Gasteiger partial charge in [0.1, 0.15) is 0 Å². The molecule has 86 valence electrons. The highest BCUT2D eigenvalue weighted by Crippen LogP contribution is 2.30. The van der Waals surface area contributed by atoms with Gasteiger partial charge in [-0.3, -0.25) is 0 Å². The third-order valence-corrected chi connectivity index (χ3v) is 3.47. The highest BCUT2D eigenvalue weighted by Gasteiger charge is 2.35. The Kier molecular flexibility index (Phi) is 2.72. The van der Waals surface area contributed by atoms with Gasteiger partial charge in [-0.15, -0.1) is 0 Å². The maximum atomic E-state index is 11.2. The second-order valence-electron chi connectivity index (χ2n) is 4.38. The average Bonchev–Trinajstić information content (AvgIpc) is 2.74. The molecular weight excluding hydrogens is 204 g/mol. The first-order valence-corrected chi connectivity index (χ1v) is 5.49. The first-order chi connectivity index (χ1) is 7.58. The van der Waals surface area contributed by atoms with Gasteiger partial charge >= 0.3 is 5.97 Å². The molecule has 1 aromatic carbocycles. The van der Waals surface area contributed by atoms with Crippen molar-refractivity contribution in [1.82, 2.24) is 0 Å². The summed E-state index contributed by atoms with van der Waals surface area (Å²) in [5.74, 6) is -0.951. The Morgan fingerprint density at radius 3 is 2.69 bits per heavy atom. The van der Waals surface area contributed by atoms with Gasteiger partial charge in [-0.1, -0.05) is 18.2 Å². The number of carboxylic acids is 1. The van der Waals surface area contributed by atoms with Crippen LogP contribution in [0.25, 0.3) is 0 Å². The van der Waals surface area contributed by atoms with Crippen LogP contribution in [-0.2, 0) is 28.0 Å². The summed E-state index contributed by atoms with van der Waals surface area (Å²) in [4.78, 5) is 11.2.